The molecular weight excluding hydrogens is 240 g/mol. The molecule has 0 bridgehead atoms. The molecule has 0 aliphatic heterocycles. The van der Waals surface area contributed by atoms with Crippen molar-refractivity contribution in [2.24, 2.45) is 5.84 Å². The number of anilines is 1. The van der Waals surface area contributed by atoms with Crippen LogP contribution in [0.5, 0.6) is 5.75 Å². The van der Waals surface area contributed by atoms with E-state index in [1.165, 1.54) is 0 Å². The maximum atomic E-state index is 5.42. The standard InChI is InChI=1S/C14H18N4O/c1-3-11-9-13(18-15)17-14(16-11)10-5-7-12(8-6-10)19-4-2/h5-9H,3-4,15H2,1-2H3,(H,16,17,18). The Morgan fingerprint density at radius 3 is 2.47 bits per heavy atom. The first kappa shape index (κ1) is 13.3. The quantitative estimate of drug-likeness (QED) is 0.636. The topological polar surface area (TPSA) is 73.1 Å². The molecule has 5 heteroatoms. The molecule has 0 radical (unpaired) electrons. The average molecular weight is 258 g/mol. The maximum Gasteiger partial charge on any atom is 0.161 e. The maximum absolute atomic E-state index is 5.42. The molecule has 2 rings (SSSR count). The van der Waals surface area contributed by atoms with Gasteiger partial charge in [0.15, 0.2) is 5.82 Å². The lowest BCUT2D eigenvalue weighted by molar-refractivity contribution is 0.340. The molecule has 5 nitrogen and oxygen atoms in total. The minimum atomic E-state index is 0.621. The van der Waals surface area contributed by atoms with E-state index >= 15 is 0 Å². The molecule has 0 amide bonds. The molecule has 100 valence electrons. The Bertz CT molecular complexity index is 517. The van der Waals surface area contributed by atoms with Crippen LogP contribution in [0.15, 0.2) is 30.3 Å². The van der Waals surface area contributed by atoms with Gasteiger partial charge in [-0.1, -0.05) is 6.92 Å². The van der Waals surface area contributed by atoms with Crippen LogP contribution in [0, 0.1) is 0 Å². The molecule has 1 aromatic carbocycles. The highest BCUT2D eigenvalue weighted by molar-refractivity contribution is 5.58. The van der Waals surface area contributed by atoms with Gasteiger partial charge in [0.25, 0.3) is 0 Å². The van der Waals surface area contributed by atoms with Gasteiger partial charge in [0.1, 0.15) is 11.6 Å². The highest BCUT2D eigenvalue weighted by Gasteiger charge is 2.06. The molecular formula is C14H18N4O. The number of ether oxygens (including phenoxy) is 1. The number of hydrogen-bond acceptors (Lipinski definition) is 5. The normalized spacial score (nSPS) is 10.3. The Labute approximate surface area is 112 Å². The summed E-state index contributed by atoms with van der Waals surface area (Å²) in [6.07, 6.45) is 0.835. The smallest absolute Gasteiger partial charge is 0.161 e. The molecule has 0 unspecified atom stereocenters. The van der Waals surface area contributed by atoms with Crippen LogP contribution < -0.4 is 16.0 Å². The first-order valence-electron chi connectivity index (χ1n) is 6.34. The lowest BCUT2D eigenvalue weighted by Crippen LogP contribution is -2.10. The summed E-state index contributed by atoms with van der Waals surface area (Å²) in [6.45, 7) is 4.66. The van der Waals surface area contributed by atoms with E-state index in [1.807, 2.05) is 44.2 Å². The number of rotatable bonds is 5. The molecule has 0 saturated carbocycles. The highest BCUT2D eigenvalue weighted by atomic mass is 16.5. The van der Waals surface area contributed by atoms with Crippen molar-refractivity contribution in [2.45, 2.75) is 20.3 Å². The Morgan fingerprint density at radius 1 is 1.16 bits per heavy atom. The van der Waals surface area contributed by atoms with Crippen LogP contribution in [0.3, 0.4) is 0 Å². The number of aryl methyl sites for hydroxylation is 1. The Hall–Kier alpha value is -2.14. The third-order valence-electron chi connectivity index (χ3n) is 2.71. The van der Waals surface area contributed by atoms with Gasteiger partial charge in [-0.25, -0.2) is 15.8 Å². The minimum Gasteiger partial charge on any atom is -0.494 e. The zero-order valence-corrected chi connectivity index (χ0v) is 11.2. The van der Waals surface area contributed by atoms with Crippen molar-refractivity contribution in [2.75, 3.05) is 12.0 Å². The zero-order valence-electron chi connectivity index (χ0n) is 11.2. The summed E-state index contributed by atoms with van der Waals surface area (Å²) in [5.41, 5.74) is 4.46. The molecule has 0 spiro atoms. The van der Waals surface area contributed by atoms with Crippen molar-refractivity contribution < 1.29 is 4.74 Å². The molecule has 0 saturated heterocycles. The number of nitrogens with two attached hydrogens (primary N) is 1. The number of hydrogen-bond donors (Lipinski definition) is 2. The Kier molecular flexibility index (Phi) is 4.30. The van der Waals surface area contributed by atoms with E-state index in [1.54, 1.807) is 0 Å². The largest absolute Gasteiger partial charge is 0.494 e. The predicted octanol–water partition coefficient (Wildman–Crippen LogP) is 2.39. The number of hydrazine groups is 1. The second-order valence-corrected chi connectivity index (χ2v) is 4.02. The summed E-state index contributed by atoms with van der Waals surface area (Å²) in [6, 6.07) is 9.56. The van der Waals surface area contributed by atoms with Crippen molar-refractivity contribution in [1.82, 2.24) is 9.97 Å². The van der Waals surface area contributed by atoms with Crippen LogP contribution in [0.25, 0.3) is 11.4 Å². The average Bonchev–Trinajstić information content (AvgIpc) is 2.47. The third-order valence-corrected chi connectivity index (χ3v) is 2.71. The van der Waals surface area contributed by atoms with Crippen LogP contribution in [0.4, 0.5) is 5.82 Å². The summed E-state index contributed by atoms with van der Waals surface area (Å²) in [5.74, 6) is 7.55. The van der Waals surface area contributed by atoms with E-state index in [4.69, 9.17) is 10.6 Å². The molecule has 0 atom stereocenters. The van der Waals surface area contributed by atoms with Crippen LogP contribution in [0.1, 0.15) is 19.5 Å². The van der Waals surface area contributed by atoms with Gasteiger partial charge in [-0.15, -0.1) is 0 Å². The summed E-state index contributed by atoms with van der Waals surface area (Å²) < 4.78 is 5.41. The predicted molar refractivity (Wildman–Crippen MR) is 75.8 cm³/mol. The first-order chi connectivity index (χ1) is 9.26. The van der Waals surface area contributed by atoms with Crippen LogP contribution in [-0.2, 0) is 6.42 Å². The fourth-order valence-corrected chi connectivity index (χ4v) is 1.75. The fourth-order valence-electron chi connectivity index (χ4n) is 1.75. The number of nitrogens with zero attached hydrogens (tertiary/aromatic N) is 2. The number of nitrogen functional groups attached to an aromatic ring is 1. The summed E-state index contributed by atoms with van der Waals surface area (Å²) in [7, 11) is 0. The molecule has 1 aromatic heterocycles. The molecule has 2 aromatic rings. The van der Waals surface area contributed by atoms with E-state index < -0.39 is 0 Å². The van der Waals surface area contributed by atoms with Gasteiger partial charge in [-0.2, -0.15) is 0 Å². The van der Waals surface area contributed by atoms with Crippen LogP contribution in [-0.4, -0.2) is 16.6 Å². The van der Waals surface area contributed by atoms with Gasteiger partial charge >= 0.3 is 0 Å². The highest BCUT2D eigenvalue weighted by Crippen LogP contribution is 2.21. The molecule has 0 aliphatic rings. The van der Waals surface area contributed by atoms with E-state index in [9.17, 15) is 0 Å². The summed E-state index contributed by atoms with van der Waals surface area (Å²) in [4.78, 5) is 8.86. The fraction of sp³-hybridized carbons (Fsp3) is 0.286. The molecule has 19 heavy (non-hydrogen) atoms. The summed E-state index contributed by atoms with van der Waals surface area (Å²) >= 11 is 0. The Morgan fingerprint density at radius 2 is 1.89 bits per heavy atom. The van der Waals surface area contributed by atoms with Crippen molar-refractivity contribution >= 4 is 5.82 Å². The molecule has 0 aliphatic carbocycles. The molecule has 0 fully saturated rings. The van der Waals surface area contributed by atoms with Gasteiger partial charge in [0.2, 0.25) is 0 Å². The van der Waals surface area contributed by atoms with Gasteiger partial charge in [-0.3, -0.25) is 0 Å². The van der Waals surface area contributed by atoms with E-state index in [2.05, 4.69) is 15.4 Å². The number of nitrogens with one attached hydrogen (secondary N) is 1. The second kappa shape index (κ2) is 6.15. The second-order valence-electron chi connectivity index (χ2n) is 4.02. The summed E-state index contributed by atoms with van der Waals surface area (Å²) in [5, 5.41) is 0. The van der Waals surface area contributed by atoms with Gasteiger partial charge in [0.05, 0.1) is 6.61 Å². The van der Waals surface area contributed by atoms with Crippen LogP contribution in [0.2, 0.25) is 0 Å². The van der Waals surface area contributed by atoms with E-state index in [0.717, 1.165) is 23.4 Å². The Balaban J connectivity index is 2.34. The first-order valence-corrected chi connectivity index (χ1v) is 6.34. The minimum absolute atomic E-state index is 0.621. The molecule has 3 N–H and O–H groups in total. The van der Waals surface area contributed by atoms with E-state index in [0.29, 0.717) is 18.2 Å². The van der Waals surface area contributed by atoms with Gasteiger partial charge < -0.3 is 10.2 Å². The van der Waals surface area contributed by atoms with Gasteiger partial charge in [-0.05, 0) is 37.6 Å². The van der Waals surface area contributed by atoms with E-state index in [-0.39, 0.29) is 0 Å². The van der Waals surface area contributed by atoms with Crippen molar-refractivity contribution in [3.63, 3.8) is 0 Å². The monoisotopic (exact) mass is 258 g/mol. The van der Waals surface area contributed by atoms with Crippen LogP contribution >= 0.6 is 0 Å². The zero-order chi connectivity index (χ0) is 13.7. The SMILES string of the molecule is CCOc1ccc(-c2nc(CC)cc(NN)n2)cc1. The van der Waals surface area contributed by atoms with Crippen molar-refractivity contribution in [3.8, 4) is 17.1 Å². The third kappa shape index (κ3) is 3.20. The number of benzene rings is 1. The van der Waals surface area contributed by atoms with Crippen molar-refractivity contribution in [1.29, 1.82) is 0 Å². The lowest BCUT2D eigenvalue weighted by Gasteiger charge is -2.07. The lowest BCUT2D eigenvalue weighted by atomic mass is 10.2. The number of aromatic nitrogens is 2. The molecule has 1 heterocycles. The van der Waals surface area contributed by atoms with Gasteiger partial charge in [0, 0.05) is 17.3 Å². The van der Waals surface area contributed by atoms with Crippen molar-refractivity contribution in [3.05, 3.63) is 36.0 Å².